The van der Waals surface area contributed by atoms with E-state index in [1.807, 2.05) is 0 Å². The molecule has 0 aliphatic heterocycles. The average molecular weight is 258 g/mol. The third-order valence-electron chi connectivity index (χ3n) is 0.905. The molecular formula is C4H6BrN2O4S-. The lowest BCUT2D eigenvalue weighted by Crippen LogP contribution is -2.42. The lowest BCUT2D eigenvalue weighted by atomic mass is 10.5. The van der Waals surface area contributed by atoms with E-state index in [9.17, 15) is 18.4 Å². The molecule has 0 fully saturated rings. The van der Waals surface area contributed by atoms with Gasteiger partial charge in [0.1, 0.15) is 0 Å². The number of hydrogen-bond acceptors (Lipinski definition) is 4. The Hall–Kier alpha value is -0.470. The molecular weight excluding hydrogens is 252 g/mol. The van der Waals surface area contributed by atoms with Gasteiger partial charge in [-0.1, -0.05) is 15.9 Å². The predicted molar refractivity (Wildman–Crippen MR) is 43.6 cm³/mol. The highest BCUT2D eigenvalue weighted by Crippen LogP contribution is 1.95. The molecule has 0 aromatic carbocycles. The summed E-state index contributed by atoms with van der Waals surface area (Å²) in [5, 5.41) is 0.250. The summed E-state index contributed by atoms with van der Waals surface area (Å²) < 4.78 is 21.0. The van der Waals surface area contributed by atoms with Crippen molar-refractivity contribution < 1.29 is 18.4 Å². The molecule has 70 valence electrons. The number of rotatable bonds is 3. The molecule has 12 heavy (non-hydrogen) atoms. The van der Waals surface area contributed by atoms with Crippen LogP contribution in [-0.2, 0) is 20.9 Å². The Bertz CT molecular complexity index is 221. The van der Waals surface area contributed by atoms with Crippen molar-refractivity contribution in [1.82, 2.24) is 4.31 Å². The smallest absolute Gasteiger partial charge is 0.322 e. The highest BCUT2D eigenvalue weighted by Gasteiger charge is 2.18. The Kier molecular flexibility index (Phi) is 5.02. The van der Waals surface area contributed by atoms with Gasteiger partial charge in [0.15, 0.2) is 0 Å². The first-order valence-electron chi connectivity index (χ1n) is 2.77. The second-order valence-electron chi connectivity index (χ2n) is 1.68. The lowest BCUT2D eigenvalue weighted by Gasteiger charge is -2.21. The molecule has 1 unspecified atom stereocenters. The van der Waals surface area contributed by atoms with Gasteiger partial charge in [-0.3, -0.25) is 18.1 Å². The largest absolute Gasteiger partial charge is 0.755 e. The van der Waals surface area contributed by atoms with Gasteiger partial charge in [0.2, 0.25) is 0 Å². The molecule has 0 rings (SSSR count). The molecule has 0 saturated heterocycles. The molecule has 0 aromatic rings. The fourth-order valence-electron chi connectivity index (χ4n) is 0.443. The molecule has 0 saturated carbocycles. The van der Waals surface area contributed by atoms with E-state index in [0.717, 1.165) is 0 Å². The van der Waals surface area contributed by atoms with Gasteiger partial charge < -0.3 is 10.3 Å². The summed E-state index contributed by atoms with van der Waals surface area (Å²) in [6.07, 6.45) is 0. The molecule has 0 spiro atoms. The van der Waals surface area contributed by atoms with E-state index in [-0.39, 0.29) is 11.9 Å². The van der Waals surface area contributed by atoms with Crippen LogP contribution in [0, 0.1) is 0 Å². The second-order valence-corrected chi connectivity index (χ2v) is 3.35. The quantitative estimate of drug-likeness (QED) is 0.377. The molecule has 2 amide bonds. The minimum absolute atomic E-state index is 0.113. The van der Waals surface area contributed by atoms with E-state index in [4.69, 9.17) is 0 Å². The van der Waals surface area contributed by atoms with Gasteiger partial charge >= 0.3 is 11.8 Å². The Morgan fingerprint density at radius 2 is 2.08 bits per heavy atom. The fourth-order valence-corrected chi connectivity index (χ4v) is 1.50. The third-order valence-corrected chi connectivity index (χ3v) is 1.97. The monoisotopic (exact) mass is 257 g/mol. The van der Waals surface area contributed by atoms with Crippen molar-refractivity contribution in [3.05, 3.63) is 0 Å². The van der Waals surface area contributed by atoms with Crippen molar-refractivity contribution >= 4 is 39.0 Å². The van der Waals surface area contributed by atoms with Crippen LogP contribution in [0.2, 0.25) is 0 Å². The molecule has 2 N–H and O–H groups in total. The molecule has 8 heteroatoms. The molecule has 0 bridgehead atoms. The van der Waals surface area contributed by atoms with Crippen LogP contribution in [0.1, 0.15) is 0 Å². The number of carbonyl (C=O) groups excluding carboxylic acids is 2. The Morgan fingerprint density at radius 3 is 2.33 bits per heavy atom. The zero-order valence-corrected chi connectivity index (χ0v) is 8.26. The molecule has 0 aromatic heterocycles. The zero-order chi connectivity index (χ0) is 9.72. The topological polar surface area (TPSA) is 104 Å². The van der Waals surface area contributed by atoms with Crippen LogP contribution >= 0.6 is 15.9 Å². The van der Waals surface area contributed by atoms with E-state index < -0.39 is 23.1 Å². The third kappa shape index (κ3) is 3.28. The predicted octanol–water partition coefficient (Wildman–Crippen LogP) is -1.51. The SMILES string of the molecule is NC(=O)C(=O)N(CCBr)S(=O)[O-]. The van der Waals surface area contributed by atoms with Gasteiger partial charge in [-0.15, -0.1) is 0 Å². The minimum atomic E-state index is -2.75. The van der Waals surface area contributed by atoms with Gasteiger partial charge in [-0.25, -0.2) is 0 Å². The number of primary amides is 1. The summed E-state index contributed by atoms with van der Waals surface area (Å²) in [7, 11) is 0. The normalized spacial score (nSPS) is 12.2. The summed E-state index contributed by atoms with van der Waals surface area (Å²) >= 11 is 0.165. The van der Waals surface area contributed by atoms with Crippen molar-refractivity contribution in [2.75, 3.05) is 11.9 Å². The van der Waals surface area contributed by atoms with Crippen molar-refractivity contribution in [1.29, 1.82) is 0 Å². The molecule has 0 heterocycles. The number of carbonyl (C=O) groups is 2. The minimum Gasteiger partial charge on any atom is -0.755 e. The van der Waals surface area contributed by atoms with Crippen LogP contribution < -0.4 is 5.73 Å². The Labute approximate surface area is 79.6 Å². The Balaban J connectivity index is 4.40. The molecule has 6 nitrogen and oxygen atoms in total. The van der Waals surface area contributed by atoms with Gasteiger partial charge in [0.05, 0.1) is 11.3 Å². The lowest BCUT2D eigenvalue weighted by molar-refractivity contribution is -0.140. The summed E-state index contributed by atoms with van der Waals surface area (Å²) in [6, 6.07) is 0. The Morgan fingerprint density at radius 1 is 1.58 bits per heavy atom. The number of halogens is 1. The van der Waals surface area contributed by atoms with Gasteiger partial charge in [0, 0.05) is 11.9 Å². The summed E-state index contributed by atoms with van der Waals surface area (Å²) in [6.45, 7) is -0.113. The van der Waals surface area contributed by atoms with Gasteiger partial charge in [-0.05, 0) is 0 Å². The van der Waals surface area contributed by atoms with E-state index in [1.54, 1.807) is 0 Å². The van der Waals surface area contributed by atoms with Crippen LogP contribution in [0.3, 0.4) is 0 Å². The maximum atomic E-state index is 10.7. The molecule has 0 aliphatic carbocycles. The van der Waals surface area contributed by atoms with Crippen LogP contribution in [0.5, 0.6) is 0 Å². The van der Waals surface area contributed by atoms with E-state index in [2.05, 4.69) is 21.7 Å². The zero-order valence-electron chi connectivity index (χ0n) is 5.86. The number of nitrogens with two attached hydrogens (primary N) is 1. The second kappa shape index (κ2) is 5.22. The summed E-state index contributed by atoms with van der Waals surface area (Å²) in [5.74, 6) is -2.53. The maximum absolute atomic E-state index is 10.7. The molecule has 0 radical (unpaired) electrons. The van der Waals surface area contributed by atoms with E-state index >= 15 is 0 Å². The highest BCUT2D eigenvalue weighted by atomic mass is 79.9. The maximum Gasteiger partial charge on any atom is 0.322 e. The fraction of sp³-hybridized carbons (Fsp3) is 0.500. The van der Waals surface area contributed by atoms with Crippen molar-refractivity contribution in [3.8, 4) is 0 Å². The number of hydrogen-bond donors (Lipinski definition) is 1. The van der Waals surface area contributed by atoms with Crippen molar-refractivity contribution in [3.63, 3.8) is 0 Å². The van der Waals surface area contributed by atoms with Crippen LogP contribution in [-0.4, -0.2) is 36.8 Å². The molecule has 1 atom stereocenters. The van der Waals surface area contributed by atoms with Crippen molar-refractivity contribution in [2.24, 2.45) is 5.73 Å². The first kappa shape index (κ1) is 11.5. The first-order valence-corrected chi connectivity index (χ1v) is 4.92. The van der Waals surface area contributed by atoms with Gasteiger partial charge in [-0.2, -0.15) is 0 Å². The number of nitrogens with zero attached hydrogens (tertiary/aromatic N) is 1. The average Bonchev–Trinajstić information content (AvgIpc) is 1.98. The van der Waals surface area contributed by atoms with E-state index in [1.165, 1.54) is 0 Å². The number of alkyl halides is 1. The van der Waals surface area contributed by atoms with Crippen LogP contribution in [0.25, 0.3) is 0 Å². The first-order chi connectivity index (χ1) is 5.50. The number of amides is 2. The van der Waals surface area contributed by atoms with Gasteiger partial charge in [0.25, 0.3) is 0 Å². The molecule has 0 aliphatic rings. The summed E-state index contributed by atoms with van der Waals surface area (Å²) in [4.78, 5) is 21.0. The van der Waals surface area contributed by atoms with Crippen LogP contribution in [0.15, 0.2) is 0 Å². The van der Waals surface area contributed by atoms with Crippen LogP contribution in [0.4, 0.5) is 0 Å². The van der Waals surface area contributed by atoms with E-state index in [0.29, 0.717) is 4.31 Å². The van der Waals surface area contributed by atoms with Crippen molar-refractivity contribution in [2.45, 2.75) is 0 Å². The highest BCUT2D eigenvalue weighted by molar-refractivity contribution is 9.09. The summed E-state index contributed by atoms with van der Waals surface area (Å²) in [5.41, 5.74) is 4.59. The standard InChI is InChI=1S/C4H7BrN2O4S/c5-1-2-7(12(10)11)4(9)3(6)8/h1-2H2,(H2,6,8)(H,10,11)/p-1.